The third kappa shape index (κ3) is 3.46. The van der Waals surface area contributed by atoms with Crippen molar-refractivity contribution in [3.63, 3.8) is 0 Å². The highest BCUT2D eigenvalue weighted by atomic mass is 35.5. The summed E-state index contributed by atoms with van der Waals surface area (Å²) >= 11 is 5.94. The van der Waals surface area contributed by atoms with E-state index in [1.807, 2.05) is 13.8 Å². The minimum atomic E-state index is -0.567. The van der Waals surface area contributed by atoms with Crippen LogP contribution in [0.3, 0.4) is 0 Å². The summed E-state index contributed by atoms with van der Waals surface area (Å²) in [6.45, 7) is 4.13. The quantitative estimate of drug-likeness (QED) is 0.623. The summed E-state index contributed by atoms with van der Waals surface area (Å²) in [4.78, 5) is 22.4. The van der Waals surface area contributed by atoms with E-state index in [1.165, 1.54) is 18.2 Å². The monoisotopic (exact) mass is 299 g/mol. The van der Waals surface area contributed by atoms with Crippen molar-refractivity contribution in [1.82, 2.24) is 5.32 Å². The zero-order chi connectivity index (χ0) is 15.3. The molecule has 0 saturated carbocycles. The molecule has 1 amide bonds. The van der Waals surface area contributed by atoms with E-state index in [1.54, 1.807) is 0 Å². The first-order valence-corrected chi connectivity index (χ1v) is 6.73. The fraction of sp³-hybridized carbons (Fsp3) is 0.462. The second kappa shape index (κ2) is 6.67. The number of nitrogens with one attached hydrogen (secondary N) is 1. The zero-order valence-corrected chi connectivity index (χ0v) is 12.2. The van der Waals surface area contributed by atoms with Crippen molar-refractivity contribution < 1.29 is 9.72 Å². The van der Waals surface area contributed by atoms with Crippen molar-refractivity contribution in [2.75, 3.05) is 6.54 Å². The van der Waals surface area contributed by atoms with Crippen molar-refractivity contribution in [2.45, 2.75) is 32.2 Å². The maximum Gasteiger partial charge on any atom is 0.270 e. The van der Waals surface area contributed by atoms with Crippen LogP contribution in [0.15, 0.2) is 18.2 Å². The van der Waals surface area contributed by atoms with Crippen LogP contribution >= 0.6 is 11.6 Å². The first-order chi connectivity index (χ1) is 9.39. The molecule has 0 heterocycles. The van der Waals surface area contributed by atoms with Crippen LogP contribution < -0.4 is 11.1 Å². The van der Waals surface area contributed by atoms with Crippen LogP contribution in [-0.4, -0.2) is 22.9 Å². The summed E-state index contributed by atoms with van der Waals surface area (Å²) in [5.74, 6) is -0.451. The molecular formula is C13H18ClN3O3. The van der Waals surface area contributed by atoms with Crippen LogP contribution in [0, 0.1) is 10.1 Å². The van der Waals surface area contributed by atoms with Gasteiger partial charge in [0.2, 0.25) is 0 Å². The Morgan fingerprint density at radius 2 is 2.05 bits per heavy atom. The molecule has 0 bridgehead atoms. The predicted octanol–water partition coefficient (Wildman–Crippen LogP) is 2.50. The van der Waals surface area contributed by atoms with Gasteiger partial charge in [0.05, 0.1) is 21.0 Å². The standard InChI is InChI=1S/C13H18ClN3O3/c1-3-13(4-2,8-15)16-12(18)10-7-9(17(19)20)5-6-11(10)14/h5-7H,3-4,8,15H2,1-2H3,(H,16,18). The molecule has 0 saturated heterocycles. The molecule has 1 aromatic rings. The molecule has 0 aliphatic rings. The first-order valence-electron chi connectivity index (χ1n) is 6.35. The second-order valence-corrected chi connectivity index (χ2v) is 4.97. The van der Waals surface area contributed by atoms with Gasteiger partial charge in [-0.25, -0.2) is 0 Å². The molecule has 0 fully saturated rings. The minimum Gasteiger partial charge on any atom is -0.345 e. The number of nitrogens with zero attached hydrogens (tertiary/aromatic N) is 1. The number of carbonyl (C=O) groups excluding carboxylic acids is 1. The molecule has 0 atom stereocenters. The topological polar surface area (TPSA) is 98.3 Å². The van der Waals surface area contributed by atoms with Gasteiger partial charge in [-0.15, -0.1) is 0 Å². The van der Waals surface area contributed by atoms with Crippen LogP contribution in [0.4, 0.5) is 5.69 Å². The predicted molar refractivity (Wildman–Crippen MR) is 77.9 cm³/mol. The fourth-order valence-corrected chi connectivity index (χ4v) is 2.08. The Morgan fingerprint density at radius 1 is 1.45 bits per heavy atom. The van der Waals surface area contributed by atoms with Gasteiger partial charge in [0.1, 0.15) is 0 Å². The smallest absolute Gasteiger partial charge is 0.270 e. The van der Waals surface area contributed by atoms with E-state index in [2.05, 4.69) is 5.32 Å². The lowest BCUT2D eigenvalue weighted by Crippen LogP contribution is -2.52. The fourth-order valence-electron chi connectivity index (χ4n) is 1.88. The molecule has 0 aliphatic carbocycles. The van der Waals surface area contributed by atoms with Crippen LogP contribution in [-0.2, 0) is 0 Å². The Balaban J connectivity index is 3.08. The van der Waals surface area contributed by atoms with Crippen molar-refractivity contribution in [3.8, 4) is 0 Å². The Kier molecular flexibility index (Phi) is 5.47. The van der Waals surface area contributed by atoms with Gasteiger partial charge < -0.3 is 11.1 Å². The summed E-state index contributed by atoms with van der Waals surface area (Å²) in [7, 11) is 0. The second-order valence-electron chi connectivity index (χ2n) is 4.57. The molecule has 0 spiro atoms. The Hall–Kier alpha value is -1.66. The van der Waals surface area contributed by atoms with Gasteiger partial charge in [-0.2, -0.15) is 0 Å². The highest BCUT2D eigenvalue weighted by Gasteiger charge is 2.28. The number of nitro groups is 1. The summed E-state index contributed by atoms with van der Waals surface area (Å²) in [6.07, 6.45) is 1.33. The zero-order valence-electron chi connectivity index (χ0n) is 11.5. The SMILES string of the molecule is CCC(CC)(CN)NC(=O)c1cc([N+](=O)[O-])ccc1Cl. The van der Waals surface area contributed by atoms with E-state index >= 15 is 0 Å². The lowest BCUT2D eigenvalue weighted by molar-refractivity contribution is -0.384. The lowest BCUT2D eigenvalue weighted by atomic mass is 9.92. The van der Waals surface area contributed by atoms with E-state index in [9.17, 15) is 14.9 Å². The van der Waals surface area contributed by atoms with Crippen LogP contribution in [0.25, 0.3) is 0 Å². The number of benzene rings is 1. The number of non-ortho nitro benzene ring substituents is 1. The van der Waals surface area contributed by atoms with Gasteiger partial charge in [-0.3, -0.25) is 14.9 Å². The molecule has 3 N–H and O–H groups in total. The molecule has 7 heteroatoms. The van der Waals surface area contributed by atoms with Gasteiger partial charge in [-0.1, -0.05) is 25.4 Å². The van der Waals surface area contributed by atoms with Gasteiger partial charge in [-0.05, 0) is 18.9 Å². The molecule has 6 nitrogen and oxygen atoms in total. The molecule has 1 rings (SSSR count). The third-order valence-corrected chi connectivity index (χ3v) is 3.86. The normalized spacial score (nSPS) is 11.2. The Labute approximate surface area is 122 Å². The van der Waals surface area contributed by atoms with Crippen molar-refractivity contribution in [1.29, 1.82) is 0 Å². The molecule has 0 unspecified atom stereocenters. The highest BCUT2D eigenvalue weighted by molar-refractivity contribution is 6.34. The largest absolute Gasteiger partial charge is 0.345 e. The van der Waals surface area contributed by atoms with Gasteiger partial charge in [0.25, 0.3) is 11.6 Å². The summed E-state index contributed by atoms with van der Waals surface area (Å²) < 4.78 is 0. The number of hydrogen-bond donors (Lipinski definition) is 2. The highest BCUT2D eigenvalue weighted by Crippen LogP contribution is 2.23. The van der Waals surface area contributed by atoms with E-state index in [-0.39, 0.29) is 22.8 Å². The maximum atomic E-state index is 12.3. The summed E-state index contributed by atoms with van der Waals surface area (Å²) in [6, 6.07) is 3.77. The van der Waals surface area contributed by atoms with E-state index in [4.69, 9.17) is 17.3 Å². The number of nitro benzene ring substituents is 1. The molecule has 0 aliphatic heterocycles. The number of amides is 1. The lowest BCUT2D eigenvalue weighted by Gasteiger charge is -2.31. The van der Waals surface area contributed by atoms with E-state index < -0.39 is 16.4 Å². The molecule has 0 radical (unpaired) electrons. The van der Waals surface area contributed by atoms with Crippen LogP contribution in [0.1, 0.15) is 37.0 Å². The Morgan fingerprint density at radius 3 is 2.50 bits per heavy atom. The number of rotatable bonds is 6. The average molecular weight is 300 g/mol. The maximum absolute atomic E-state index is 12.3. The Bertz CT molecular complexity index is 507. The first kappa shape index (κ1) is 16.4. The molecular weight excluding hydrogens is 282 g/mol. The summed E-state index contributed by atoms with van der Waals surface area (Å²) in [5.41, 5.74) is 5.10. The molecule has 20 heavy (non-hydrogen) atoms. The number of nitrogens with two attached hydrogens (primary N) is 1. The van der Waals surface area contributed by atoms with Gasteiger partial charge in [0.15, 0.2) is 0 Å². The number of halogens is 1. The van der Waals surface area contributed by atoms with Crippen LogP contribution in [0.5, 0.6) is 0 Å². The van der Waals surface area contributed by atoms with Crippen LogP contribution in [0.2, 0.25) is 5.02 Å². The number of hydrogen-bond acceptors (Lipinski definition) is 4. The molecule has 0 aromatic heterocycles. The van der Waals surface area contributed by atoms with Crippen molar-refractivity contribution in [2.24, 2.45) is 5.73 Å². The van der Waals surface area contributed by atoms with Crippen molar-refractivity contribution >= 4 is 23.2 Å². The minimum absolute atomic E-state index is 0.0839. The van der Waals surface area contributed by atoms with Gasteiger partial charge in [0, 0.05) is 18.7 Å². The summed E-state index contributed by atoms with van der Waals surface area (Å²) in [5, 5.41) is 13.8. The van der Waals surface area contributed by atoms with E-state index in [0.717, 1.165) is 0 Å². The van der Waals surface area contributed by atoms with E-state index in [0.29, 0.717) is 12.8 Å². The average Bonchev–Trinajstić information content (AvgIpc) is 2.45. The van der Waals surface area contributed by atoms with Crippen molar-refractivity contribution in [3.05, 3.63) is 38.9 Å². The molecule has 110 valence electrons. The van der Waals surface area contributed by atoms with Gasteiger partial charge >= 0.3 is 0 Å². The third-order valence-electron chi connectivity index (χ3n) is 3.53. The molecule has 1 aromatic carbocycles. The number of carbonyl (C=O) groups is 1.